The molecule has 2 aromatic rings. The van der Waals surface area contributed by atoms with E-state index >= 15 is 0 Å². The van der Waals surface area contributed by atoms with E-state index in [-0.39, 0.29) is 0 Å². The first-order valence-electron chi connectivity index (χ1n) is 4.82. The van der Waals surface area contributed by atoms with Crippen molar-refractivity contribution in [1.29, 1.82) is 0 Å². The van der Waals surface area contributed by atoms with E-state index in [0.29, 0.717) is 24.7 Å². The Bertz CT molecular complexity index is 453. The van der Waals surface area contributed by atoms with Crippen LogP contribution in [0.5, 0.6) is 5.88 Å². The molecular formula is C9H13N5O. The van der Waals surface area contributed by atoms with Crippen molar-refractivity contribution in [3.05, 3.63) is 18.2 Å². The van der Waals surface area contributed by atoms with Gasteiger partial charge in [0.25, 0.3) is 5.88 Å². The monoisotopic (exact) mass is 207 g/mol. The van der Waals surface area contributed by atoms with Gasteiger partial charge in [-0.2, -0.15) is 0 Å². The van der Waals surface area contributed by atoms with Crippen molar-refractivity contribution < 1.29 is 4.74 Å². The molecule has 2 rings (SSSR count). The van der Waals surface area contributed by atoms with E-state index in [9.17, 15) is 0 Å². The Morgan fingerprint density at radius 3 is 3.07 bits per heavy atom. The minimum Gasteiger partial charge on any atom is -0.475 e. The van der Waals surface area contributed by atoms with E-state index < -0.39 is 0 Å². The van der Waals surface area contributed by atoms with Gasteiger partial charge in [0.05, 0.1) is 13.2 Å². The highest BCUT2D eigenvalue weighted by Gasteiger charge is 2.09. The first kappa shape index (κ1) is 9.85. The number of hydrogen-bond acceptors (Lipinski definition) is 5. The molecule has 0 bridgehead atoms. The first-order valence-corrected chi connectivity index (χ1v) is 4.82. The summed E-state index contributed by atoms with van der Waals surface area (Å²) in [6.45, 7) is 3.15. The van der Waals surface area contributed by atoms with Crippen molar-refractivity contribution in [2.24, 2.45) is 0 Å². The fraction of sp³-hybridized carbons (Fsp3) is 0.444. The van der Waals surface area contributed by atoms with Crippen LogP contribution in [-0.2, 0) is 6.54 Å². The van der Waals surface area contributed by atoms with Gasteiger partial charge in [0.1, 0.15) is 0 Å². The smallest absolute Gasteiger partial charge is 0.260 e. The molecule has 2 aromatic heterocycles. The van der Waals surface area contributed by atoms with E-state index in [1.54, 1.807) is 6.20 Å². The number of fused-ring (bicyclic) bond motifs is 1. The average Bonchev–Trinajstić information content (AvgIpc) is 2.64. The van der Waals surface area contributed by atoms with Crippen LogP contribution in [0.25, 0.3) is 5.65 Å². The van der Waals surface area contributed by atoms with Gasteiger partial charge < -0.3 is 10.1 Å². The predicted octanol–water partition coefficient (Wildman–Crippen LogP) is 0.242. The molecule has 0 saturated heterocycles. The molecule has 80 valence electrons. The molecule has 6 nitrogen and oxygen atoms in total. The molecule has 0 aliphatic rings. The maximum atomic E-state index is 5.36. The lowest BCUT2D eigenvalue weighted by atomic mass is 10.5. The van der Waals surface area contributed by atoms with Gasteiger partial charge in [-0.3, -0.25) is 4.40 Å². The molecule has 0 aliphatic carbocycles. The Hall–Kier alpha value is -1.69. The van der Waals surface area contributed by atoms with Gasteiger partial charge in [0, 0.05) is 12.4 Å². The number of hydrogen-bond donors (Lipinski definition) is 1. The third kappa shape index (κ3) is 1.75. The van der Waals surface area contributed by atoms with Gasteiger partial charge in [-0.15, -0.1) is 10.2 Å². The molecule has 2 heterocycles. The summed E-state index contributed by atoms with van der Waals surface area (Å²) in [5.74, 6) is 1.37. The summed E-state index contributed by atoms with van der Waals surface area (Å²) >= 11 is 0. The minimum absolute atomic E-state index is 0.523. The van der Waals surface area contributed by atoms with Crippen molar-refractivity contribution in [2.45, 2.75) is 13.5 Å². The number of ether oxygens (including phenoxy) is 1. The number of nitrogens with zero attached hydrogens (tertiary/aromatic N) is 4. The summed E-state index contributed by atoms with van der Waals surface area (Å²) in [4.78, 5) is 4.10. The lowest BCUT2D eigenvalue weighted by Gasteiger charge is -2.03. The topological polar surface area (TPSA) is 64.3 Å². The maximum absolute atomic E-state index is 5.36. The quantitative estimate of drug-likeness (QED) is 0.778. The van der Waals surface area contributed by atoms with Gasteiger partial charge in [-0.05, 0) is 14.0 Å². The summed E-state index contributed by atoms with van der Waals surface area (Å²) in [6, 6.07) is 0. The second-order valence-electron chi connectivity index (χ2n) is 3.01. The van der Waals surface area contributed by atoms with Crippen LogP contribution in [-0.4, -0.2) is 33.2 Å². The van der Waals surface area contributed by atoms with Crippen LogP contribution >= 0.6 is 0 Å². The molecule has 15 heavy (non-hydrogen) atoms. The highest BCUT2D eigenvalue weighted by molar-refractivity contribution is 5.48. The van der Waals surface area contributed by atoms with Gasteiger partial charge in [-0.1, -0.05) is 0 Å². The molecule has 0 spiro atoms. The minimum atomic E-state index is 0.523. The summed E-state index contributed by atoms with van der Waals surface area (Å²) in [7, 11) is 1.87. The van der Waals surface area contributed by atoms with E-state index in [1.165, 1.54) is 0 Å². The number of rotatable bonds is 4. The first-order chi connectivity index (χ1) is 7.36. The Labute approximate surface area is 87.3 Å². The van der Waals surface area contributed by atoms with Crippen molar-refractivity contribution in [2.75, 3.05) is 13.7 Å². The van der Waals surface area contributed by atoms with Gasteiger partial charge in [0.15, 0.2) is 5.82 Å². The fourth-order valence-corrected chi connectivity index (χ4v) is 1.37. The fourth-order valence-electron chi connectivity index (χ4n) is 1.37. The molecule has 0 saturated carbocycles. The SMILES string of the molecule is CCOc1nccn2c(CNC)nnc12. The second kappa shape index (κ2) is 4.22. The Kier molecular flexibility index (Phi) is 2.77. The molecular weight excluding hydrogens is 194 g/mol. The summed E-state index contributed by atoms with van der Waals surface area (Å²) in [6.07, 6.45) is 3.50. The highest BCUT2D eigenvalue weighted by Crippen LogP contribution is 2.14. The van der Waals surface area contributed by atoms with E-state index in [1.807, 2.05) is 24.6 Å². The Balaban J connectivity index is 2.48. The van der Waals surface area contributed by atoms with Crippen molar-refractivity contribution in [3.63, 3.8) is 0 Å². The van der Waals surface area contributed by atoms with Crippen molar-refractivity contribution >= 4 is 5.65 Å². The maximum Gasteiger partial charge on any atom is 0.260 e. The molecule has 0 aliphatic heterocycles. The normalized spacial score (nSPS) is 10.8. The largest absolute Gasteiger partial charge is 0.475 e. The van der Waals surface area contributed by atoms with Crippen LogP contribution in [0.3, 0.4) is 0 Å². The van der Waals surface area contributed by atoms with Crippen molar-refractivity contribution in [3.8, 4) is 5.88 Å². The lowest BCUT2D eigenvalue weighted by molar-refractivity contribution is 0.328. The van der Waals surface area contributed by atoms with Crippen LogP contribution in [0.2, 0.25) is 0 Å². The molecule has 0 fully saturated rings. The highest BCUT2D eigenvalue weighted by atomic mass is 16.5. The molecule has 1 N–H and O–H groups in total. The van der Waals surface area contributed by atoms with Crippen LogP contribution in [0.1, 0.15) is 12.7 Å². The standard InChI is InChI=1S/C9H13N5O/c1-3-15-9-8-13-12-7(6-10-2)14(8)5-4-11-9/h4-5,10H,3,6H2,1-2H3. The molecule has 0 radical (unpaired) electrons. The van der Waals surface area contributed by atoms with Gasteiger partial charge in [-0.25, -0.2) is 4.98 Å². The van der Waals surface area contributed by atoms with Crippen molar-refractivity contribution in [1.82, 2.24) is 24.9 Å². The van der Waals surface area contributed by atoms with E-state index in [0.717, 1.165) is 5.82 Å². The lowest BCUT2D eigenvalue weighted by Crippen LogP contribution is -2.09. The zero-order chi connectivity index (χ0) is 10.7. The van der Waals surface area contributed by atoms with Crippen LogP contribution in [0.4, 0.5) is 0 Å². The molecule has 0 aromatic carbocycles. The van der Waals surface area contributed by atoms with Crippen LogP contribution in [0, 0.1) is 0 Å². The van der Waals surface area contributed by atoms with Crippen LogP contribution < -0.4 is 10.1 Å². The summed E-state index contributed by atoms with van der Waals surface area (Å²) in [5.41, 5.74) is 0.657. The summed E-state index contributed by atoms with van der Waals surface area (Å²) < 4.78 is 7.23. The average molecular weight is 207 g/mol. The van der Waals surface area contributed by atoms with Crippen LogP contribution in [0.15, 0.2) is 12.4 Å². The summed E-state index contributed by atoms with van der Waals surface area (Å²) in [5, 5.41) is 11.1. The second-order valence-corrected chi connectivity index (χ2v) is 3.01. The Morgan fingerprint density at radius 2 is 2.33 bits per heavy atom. The molecule has 6 heteroatoms. The molecule has 0 amide bonds. The third-order valence-corrected chi connectivity index (χ3v) is 1.98. The molecule has 0 unspecified atom stereocenters. The third-order valence-electron chi connectivity index (χ3n) is 1.98. The van der Waals surface area contributed by atoms with Gasteiger partial charge in [0.2, 0.25) is 5.65 Å². The van der Waals surface area contributed by atoms with E-state index in [4.69, 9.17) is 4.74 Å². The Morgan fingerprint density at radius 1 is 1.47 bits per heavy atom. The number of nitrogens with one attached hydrogen (secondary N) is 1. The zero-order valence-corrected chi connectivity index (χ0v) is 8.77. The van der Waals surface area contributed by atoms with Gasteiger partial charge >= 0.3 is 0 Å². The molecule has 0 atom stereocenters. The predicted molar refractivity (Wildman–Crippen MR) is 54.7 cm³/mol. The van der Waals surface area contributed by atoms with E-state index in [2.05, 4.69) is 20.5 Å². The zero-order valence-electron chi connectivity index (χ0n) is 8.77. The number of aromatic nitrogens is 4.